The van der Waals surface area contributed by atoms with Crippen LogP contribution in [0.2, 0.25) is 0 Å². The third-order valence-corrected chi connectivity index (χ3v) is 3.98. The van der Waals surface area contributed by atoms with E-state index in [2.05, 4.69) is 40.1 Å². The van der Waals surface area contributed by atoms with E-state index in [9.17, 15) is 0 Å². The fourth-order valence-electron chi connectivity index (χ4n) is 2.90. The molecule has 4 heteroatoms. The molecule has 1 aliphatic heterocycles. The second-order valence-electron chi connectivity index (χ2n) is 5.46. The van der Waals surface area contributed by atoms with Crippen LogP contribution in [0.4, 0.5) is 0 Å². The highest BCUT2D eigenvalue weighted by molar-refractivity contribution is 5.34. The quantitative estimate of drug-likeness (QED) is 0.736. The molecule has 3 heterocycles. The van der Waals surface area contributed by atoms with Crippen LogP contribution in [0.3, 0.4) is 0 Å². The maximum absolute atomic E-state index is 5.92. The summed E-state index contributed by atoms with van der Waals surface area (Å²) in [6.45, 7) is 2.44. The molecule has 0 aliphatic carbocycles. The molecular formula is C18H18N2O2. The lowest BCUT2D eigenvalue weighted by molar-refractivity contribution is 0.0258. The van der Waals surface area contributed by atoms with Gasteiger partial charge in [0, 0.05) is 30.2 Å². The lowest BCUT2D eigenvalue weighted by Gasteiger charge is -2.21. The van der Waals surface area contributed by atoms with Crippen molar-refractivity contribution in [2.45, 2.75) is 12.8 Å². The molecule has 3 aromatic rings. The molecule has 4 nitrogen and oxygen atoms in total. The Morgan fingerprint density at radius 3 is 2.77 bits per heavy atom. The Morgan fingerprint density at radius 1 is 1.05 bits per heavy atom. The van der Waals surface area contributed by atoms with Crippen molar-refractivity contribution in [1.82, 2.24) is 9.47 Å². The molecule has 0 N–H and O–H groups in total. The zero-order valence-electron chi connectivity index (χ0n) is 12.3. The van der Waals surface area contributed by atoms with Crippen molar-refractivity contribution < 1.29 is 9.15 Å². The van der Waals surface area contributed by atoms with Crippen molar-refractivity contribution in [2.75, 3.05) is 13.2 Å². The highest BCUT2D eigenvalue weighted by Gasteiger charge is 2.28. The van der Waals surface area contributed by atoms with Crippen LogP contribution in [0.1, 0.15) is 17.6 Å². The van der Waals surface area contributed by atoms with Crippen molar-refractivity contribution >= 4 is 0 Å². The van der Waals surface area contributed by atoms with Gasteiger partial charge in [-0.05, 0) is 30.3 Å². The summed E-state index contributed by atoms with van der Waals surface area (Å²) in [5, 5.41) is 0. The van der Waals surface area contributed by atoms with Crippen LogP contribution in [0.15, 0.2) is 71.6 Å². The Balaban J connectivity index is 1.55. The molecule has 112 valence electrons. The van der Waals surface area contributed by atoms with Gasteiger partial charge in [-0.15, -0.1) is 0 Å². The number of para-hydroxylation sites is 1. The van der Waals surface area contributed by atoms with E-state index in [0.717, 1.165) is 31.1 Å². The van der Waals surface area contributed by atoms with Crippen LogP contribution in [0.5, 0.6) is 0 Å². The lowest BCUT2D eigenvalue weighted by atomic mass is 10.2. The summed E-state index contributed by atoms with van der Waals surface area (Å²) in [5.74, 6) is 0.970. The molecule has 4 rings (SSSR count). The summed E-state index contributed by atoms with van der Waals surface area (Å²) in [6.07, 6.45) is 5.93. The van der Waals surface area contributed by atoms with Gasteiger partial charge in [0.05, 0.1) is 19.4 Å². The molecule has 1 saturated heterocycles. The molecule has 0 saturated carbocycles. The lowest BCUT2D eigenvalue weighted by Crippen LogP contribution is -2.22. The highest BCUT2D eigenvalue weighted by Crippen LogP contribution is 2.29. The summed E-state index contributed by atoms with van der Waals surface area (Å²) in [5.41, 5.74) is 2.33. The molecule has 22 heavy (non-hydrogen) atoms. The van der Waals surface area contributed by atoms with Gasteiger partial charge in [-0.3, -0.25) is 4.90 Å². The molecule has 1 aliphatic rings. The van der Waals surface area contributed by atoms with Crippen LogP contribution in [0.25, 0.3) is 5.69 Å². The summed E-state index contributed by atoms with van der Waals surface area (Å²) in [7, 11) is 0. The second-order valence-corrected chi connectivity index (χ2v) is 5.46. The Kier molecular flexibility index (Phi) is 3.54. The van der Waals surface area contributed by atoms with Crippen molar-refractivity contribution in [3.63, 3.8) is 0 Å². The topological polar surface area (TPSA) is 30.5 Å². The normalized spacial score (nSPS) is 18.8. The Morgan fingerprint density at radius 2 is 1.95 bits per heavy atom. The Hall–Kier alpha value is -2.30. The number of nitrogens with zero attached hydrogens (tertiary/aromatic N) is 2. The van der Waals surface area contributed by atoms with Crippen molar-refractivity contribution in [3.8, 4) is 5.69 Å². The maximum Gasteiger partial charge on any atom is 0.138 e. The monoisotopic (exact) mass is 294 g/mol. The van der Waals surface area contributed by atoms with Crippen LogP contribution < -0.4 is 0 Å². The van der Waals surface area contributed by atoms with E-state index in [1.807, 2.05) is 30.3 Å². The summed E-state index contributed by atoms with van der Waals surface area (Å²) >= 11 is 0. The van der Waals surface area contributed by atoms with Gasteiger partial charge in [-0.25, -0.2) is 0 Å². The van der Waals surface area contributed by atoms with Crippen LogP contribution >= 0.6 is 0 Å². The first-order chi connectivity index (χ1) is 10.9. The molecule has 0 radical (unpaired) electrons. The third kappa shape index (κ3) is 2.58. The van der Waals surface area contributed by atoms with Crippen molar-refractivity contribution in [1.29, 1.82) is 0 Å². The van der Waals surface area contributed by atoms with E-state index in [4.69, 9.17) is 9.15 Å². The number of aromatic nitrogens is 1. The number of hydrogen-bond acceptors (Lipinski definition) is 3. The maximum atomic E-state index is 5.92. The first kappa shape index (κ1) is 13.4. The van der Waals surface area contributed by atoms with Crippen molar-refractivity contribution in [2.24, 2.45) is 0 Å². The molecule has 1 atom stereocenters. The zero-order chi connectivity index (χ0) is 14.8. The molecule has 1 fully saturated rings. The van der Waals surface area contributed by atoms with Gasteiger partial charge in [-0.1, -0.05) is 18.2 Å². The van der Waals surface area contributed by atoms with Crippen molar-refractivity contribution in [3.05, 3.63) is 78.5 Å². The van der Waals surface area contributed by atoms with Gasteiger partial charge in [0.2, 0.25) is 0 Å². The first-order valence-corrected chi connectivity index (χ1v) is 7.51. The first-order valence-electron chi connectivity index (χ1n) is 7.51. The van der Waals surface area contributed by atoms with Gasteiger partial charge in [0.25, 0.3) is 0 Å². The average Bonchev–Trinajstić information content (AvgIpc) is 3.30. The Bertz CT molecular complexity index is 719. The number of furan rings is 1. The summed E-state index contributed by atoms with van der Waals surface area (Å²) in [4.78, 5) is 2.30. The molecule has 1 aromatic carbocycles. The average molecular weight is 294 g/mol. The number of rotatable bonds is 4. The minimum absolute atomic E-state index is 0.00457. The fraction of sp³-hybridized carbons (Fsp3) is 0.222. The zero-order valence-corrected chi connectivity index (χ0v) is 12.3. The van der Waals surface area contributed by atoms with E-state index in [0.29, 0.717) is 0 Å². The number of hydrogen-bond donors (Lipinski definition) is 0. The molecule has 0 unspecified atom stereocenters. The minimum atomic E-state index is -0.00457. The number of benzene rings is 1. The van der Waals surface area contributed by atoms with Crippen LogP contribution in [0, 0.1) is 0 Å². The fourth-order valence-corrected chi connectivity index (χ4v) is 2.90. The number of ether oxygens (including phenoxy) is 1. The largest absolute Gasteiger partial charge is 0.468 e. The smallest absolute Gasteiger partial charge is 0.138 e. The molecular weight excluding hydrogens is 276 g/mol. The van der Waals surface area contributed by atoms with Gasteiger partial charge in [0.15, 0.2) is 0 Å². The predicted octanol–water partition coefficient (Wildman–Crippen LogP) is 3.60. The van der Waals surface area contributed by atoms with E-state index in [1.54, 1.807) is 6.26 Å². The predicted molar refractivity (Wildman–Crippen MR) is 83.6 cm³/mol. The van der Waals surface area contributed by atoms with Gasteiger partial charge >= 0.3 is 0 Å². The van der Waals surface area contributed by atoms with Gasteiger partial charge < -0.3 is 13.7 Å². The van der Waals surface area contributed by atoms with Crippen LogP contribution in [-0.4, -0.2) is 22.6 Å². The van der Waals surface area contributed by atoms with Gasteiger partial charge in [0.1, 0.15) is 12.0 Å². The van der Waals surface area contributed by atoms with E-state index in [-0.39, 0.29) is 6.23 Å². The minimum Gasteiger partial charge on any atom is -0.468 e. The summed E-state index contributed by atoms with van der Waals surface area (Å²) < 4.78 is 13.5. The molecule has 0 spiro atoms. The second kappa shape index (κ2) is 5.83. The van der Waals surface area contributed by atoms with E-state index < -0.39 is 0 Å². The summed E-state index contributed by atoms with van der Waals surface area (Å²) in [6, 6.07) is 16.4. The molecule has 2 aromatic heterocycles. The van der Waals surface area contributed by atoms with E-state index in [1.165, 1.54) is 5.56 Å². The van der Waals surface area contributed by atoms with Gasteiger partial charge in [-0.2, -0.15) is 0 Å². The Labute approximate surface area is 129 Å². The van der Waals surface area contributed by atoms with E-state index >= 15 is 0 Å². The SMILES string of the molecule is c1ccc(-n2ccc([C@@H]3OCCN3Cc3ccco3)c2)cc1. The third-order valence-electron chi connectivity index (χ3n) is 3.98. The van der Waals surface area contributed by atoms with Crippen LogP contribution in [-0.2, 0) is 11.3 Å². The standard InChI is InChI=1S/C18H18N2O2/c1-2-5-16(6-3-1)19-9-8-15(13-19)18-20(10-12-22-18)14-17-7-4-11-21-17/h1-9,11,13,18H,10,12,14H2/t18-/m0/s1. The molecule has 0 bridgehead atoms. The molecule has 0 amide bonds. The highest BCUT2D eigenvalue weighted by atomic mass is 16.5.